The highest BCUT2D eigenvalue weighted by Crippen LogP contribution is 2.41. The van der Waals surface area contributed by atoms with Crippen molar-refractivity contribution in [1.82, 2.24) is 4.90 Å². The van der Waals surface area contributed by atoms with E-state index in [0.717, 1.165) is 23.4 Å². The van der Waals surface area contributed by atoms with E-state index < -0.39 is 5.92 Å². The molecule has 0 aromatic rings. The van der Waals surface area contributed by atoms with Crippen LogP contribution < -0.4 is 0 Å². The molecule has 0 spiro atoms. The van der Waals surface area contributed by atoms with Crippen molar-refractivity contribution >= 4 is 11.9 Å². The zero-order valence-corrected chi connectivity index (χ0v) is 15.0. The number of esters is 2. The lowest BCUT2D eigenvalue weighted by atomic mass is 9.80. The van der Waals surface area contributed by atoms with Crippen LogP contribution in [0.2, 0.25) is 0 Å². The maximum Gasteiger partial charge on any atom is 0.336 e. The summed E-state index contributed by atoms with van der Waals surface area (Å²) in [6.07, 6.45) is 6.82. The minimum Gasteiger partial charge on any atom is -0.463 e. The van der Waals surface area contributed by atoms with Crippen molar-refractivity contribution in [3.8, 4) is 0 Å². The first-order valence-corrected chi connectivity index (χ1v) is 8.30. The molecule has 0 bridgehead atoms. The highest BCUT2D eigenvalue weighted by Gasteiger charge is 2.40. The number of hydrogen-bond donors (Lipinski definition) is 0. The molecule has 24 heavy (non-hydrogen) atoms. The normalized spacial score (nSPS) is 18.2. The lowest BCUT2D eigenvalue weighted by Crippen LogP contribution is -2.35. The van der Waals surface area contributed by atoms with Crippen molar-refractivity contribution in [2.75, 3.05) is 20.3 Å². The molecule has 0 N–H and O–H groups in total. The molecular formula is C19H25NO4. The number of rotatable bonds is 5. The molecule has 2 aliphatic rings. The molecule has 0 amide bonds. The van der Waals surface area contributed by atoms with Gasteiger partial charge in [0.2, 0.25) is 0 Å². The number of hydrogen-bond acceptors (Lipinski definition) is 5. The standard InChI is InChI=1S/C19H25NO4/c1-6-23-18(21)15-12(3)20(5)13(4)16(19(22)24-7-2)17(15)14-10-8-9-11-14/h8,10-11,17H,6-7,9H2,1-5H3. The second-order valence-corrected chi connectivity index (χ2v) is 5.77. The summed E-state index contributed by atoms with van der Waals surface area (Å²) in [5, 5.41) is 0. The van der Waals surface area contributed by atoms with Crippen LogP contribution in [0.25, 0.3) is 0 Å². The zero-order valence-electron chi connectivity index (χ0n) is 15.0. The Bertz CT molecular complexity index is 625. The summed E-state index contributed by atoms with van der Waals surface area (Å²) in [5.41, 5.74) is 3.54. The summed E-state index contributed by atoms with van der Waals surface area (Å²) in [5.74, 6) is -1.22. The van der Waals surface area contributed by atoms with E-state index in [2.05, 4.69) is 0 Å². The van der Waals surface area contributed by atoms with E-state index in [-0.39, 0.29) is 11.9 Å². The van der Waals surface area contributed by atoms with E-state index in [9.17, 15) is 9.59 Å². The molecule has 0 fully saturated rings. The van der Waals surface area contributed by atoms with Gasteiger partial charge in [0.15, 0.2) is 0 Å². The Hall–Kier alpha value is -2.30. The quantitative estimate of drug-likeness (QED) is 0.725. The molecule has 0 radical (unpaired) electrons. The summed E-state index contributed by atoms with van der Waals surface area (Å²) < 4.78 is 10.5. The van der Waals surface area contributed by atoms with E-state index >= 15 is 0 Å². The van der Waals surface area contributed by atoms with Gasteiger partial charge in [-0.25, -0.2) is 9.59 Å². The highest BCUT2D eigenvalue weighted by molar-refractivity contribution is 5.99. The van der Waals surface area contributed by atoms with Gasteiger partial charge in [0.25, 0.3) is 0 Å². The lowest BCUT2D eigenvalue weighted by molar-refractivity contribution is -0.140. The average molecular weight is 331 g/mol. The van der Waals surface area contributed by atoms with Gasteiger partial charge in [-0.1, -0.05) is 18.2 Å². The fourth-order valence-corrected chi connectivity index (χ4v) is 3.15. The summed E-state index contributed by atoms with van der Waals surface area (Å²) in [4.78, 5) is 27.1. The predicted octanol–water partition coefficient (Wildman–Crippen LogP) is 3.11. The van der Waals surface area contributed by atoms with Crippen LogP contribution in [-0.2, 0) is 19.1 Å². The number of nitrogens with zero attached hydrogens (tertiary/aromatic N) is 1. The maximum atomic E-state index is 12.6. The first kappa shape index (κ1) is 18.0. The Morgan fingerprint density at radius 2 is 1.58 bits per heavy atom. The van der Waals surface area contributed by atoms with E-state index in [4.69, 9.17) is 9.47 Å². The molecule has 0 unspecified atom stereocenters. The summed E-state index contributed by atoms with van der Waals surface area (Å²) in [6, 6.07) is 0. The topological polar surface area (TPSA) is 55.8 Å². The molecule has 5 heteroatoms. The van der Waals surface area contributed by atoms with Crippen LogP contribution in [0, 0.1) is 5.92 Å². The van der Waals surface area contributed by atoms with Crippen LogP contribution in [0.1, 0.15) is 34.1 Å². The van der Waals surface area contributed by atoms with Gasteiger partial charge in [-0.15, -0.1) is 0 Å². The fraction of sp³-hybridized carbons (Fsp3) is 0.474. The second kappa shape index (κ2) is 7.51. The van der Waals surface area contributed by atoms with Crippen LogP contribution in [0.5, 0.6) is 0 Å². The fourth-order valence-electron chi connectivity index (χ4n) is 3.15. The third-order valence-electron chi connectivity index (χ3n) is 4.49. The smallest absolute Gasteiger partial charge is 0.336 e. The number of ether oxygens (including phenoxy) is 2. The van der Waals surface area contributed by atoms with Crippen LogP contribution in [-0.4, -0.2) is 37.1 Å². The Labute approximate surface area is 143 Å². The average Bonchev–Trinajstić information content (AvgIpc) is 3.06. The summed E-state index contributed by atoms with van der Waals surface area (Å²) >= 11 is 0. The third kappa shape index (κ3) is 3.16. The Morgan fingerprint density at radius 3 is 1.96 bits per heavy atom. The molecule has 0 aromatic heterocycles. The molecule has 1 aliphatic heterocycles. The minimum absolute atomic E-state index is 0.290. The zero-order chi connectivity index (χ0) is 17.9. The van der Waals surface area contributed by atoms with Crippen molar-refractivity contribution in [1.29, 1.82) is 0 Å². The third-order valence-corrected chi connectivity index (χ3v) is 4.49. The van der Waals surface area contributed by atoms with E-state index in [1.165, 1.54) is 0 Å². The largest absolute Gasteiger partial charge is 0.463 e. The van der Waals surface area contributed by atoms with E-state index in [1.54, 1.807) is 13.8 Å². The molecular weight excluding hydrogens is 306 g/mol. The SMILES string of the molecule is CCOC(=O)C1=C(C)N(C)C(C)=C(C(=O)OCC)C1C1=CCC=C1. The van der Waals surface area contributed by atoms with Crippen molar-refractivity contribution in [2.45, 2.75) is 34.1 Å². The second-order valence-electron chi connectivity index (χ2n) is 5.77. The van der Waals surface area contributed by atoms with Crippen LogP contribution in [0.15, 0.2) is 46.3 Å². The first-order valence-electron chi connectivity index (χ1n) is 8.30. The van der Waals surface area contributed by atoms with Crippen molar-refractivity contribution < 1.29 is 19.1 Å². The van der Waals surface area contributed by atoms with Gasteiger partial charge in [-0.3, -0.25) is 0 Å². The van der Waals surface area contributed by atoms with Gasteiger partial charge in [-0.05, 0) is 39.7 Å². The molecule has 0 saturated carbocycles. The van der Waals surface area contributed by atoms with Gasteiger partial charge in [0.05, 0.1) is 30.3 Å². The Balaban J connectivity index is 2.61. The molecule has 0 aromatic carbocycles. The van der Waals surface area contributed by atoms with Gasteiger partial charge >= 0.3 is 11.9 Å². The van der Waals surface area contributed by atoms with Gasteiger partial charge < -0.3 is 14.4 Å². The number of carbonyl (C=O) groups excluding carboxylic acids is 2. The molecule has 2 rings (SSSR count). The Kier molecular flexibility index (Phi) is 5.65. The number of carbonyl (C=O) groups is 2. The minimum atomic E-state index is -0.446. The Morgan fingerprint density at radius 1 is 1.08 bits per heavy atom. The summed E-state index contributed by atoms with van der Waals surface area (Å²) in [6.45, 7) is 7.89. The maximum absolute atomic E-state index is 12.6. The van der Waals surface area contributed by atoms with Gasteiger partial charge in [-0.2, -0.15) is 0 Å². The van der Waals surface area contributed by atoms with Crippen molar-refractivity contribution in [2.24, 2.45) is 5.92 Å². The van der Waals surface area contributed by atoms with Crippen molar-refractivity contribution in [3.63, 3.8) is 0 Å². The lowest BCUT2D eigenvalue weighted by Gasteiger charge is -2.35. The van der Waals surface area contributed by atoms with Gasteiger partial charge in [0.1, 0.15) is 0 Å². The number of allylic oxidation sites excluding steroid dienone is 6. The van der Waals surface area contributed by atoms with E-state index in [0.29, 0.717) is 24.4 Å². The predicted molar refractivity (Wildman–Crippen MR) is 91.8 cm³/mol. The molecule has 130 valence electrons. The molecule has 5 nitrogen and oxygen atoms in total. The highest BCUT2D eigenvalue weighted by atomic mass is 16.5. The first-order chi connectivity index (χ1) is 11.4. The monoisotopic (exact) mass is 331 g/mol. The summed E-state index contributed by atoms with van der Waals surface area (Å²) in [7, 11) is 1.85. The molecule has 0 saturated heterocycles. The molecule has 1 heterocycles. The van der Waals surface area contributed by atoms with Gasteiger partial charge in [0, 0.05) is 18.4 Å². The molecule has 0 atom stereocenters. The van der Waals surface area contributed by atoms with Crippen molar-refractivity contribution in [3.05, 3.63) is 46.3 Å². The van der Waals surface area contributed by atoms with Crippen LogP contribution >= 0.6 is 0 Å². The molecule has 1 aliphatic carbocycles. The van der Waals surface area contributed by atoms with Crippen LogP contribution in [0.3, 0.4) is 0 Å². The van der Waals surface area contributed by atoms with E-state index in [1.807, 2.05) is 44.0 Å². The van der Waals surface area contributed by atoms with Crippen LogP contribution in [0.4, 0.5) is 0 Å².